The quantitative estimate of drug-likeness (QED) is 0.734. The minimum atomic E-state index is -0.504. The van der Waals surface area contributed by atoms with Crippen LogP contribution >= 0.6 is 0 Å². The van der Waals surface area contributed by atoms with Crippen molar-refractivity contribution in [3.05, 3.63) is 60.4 Å². The van der Waals surface area contributed by atoms with Crippen LogP contribution in [0.4, 0.5) is 10.1 Å². The van der Waals surface area contributed by atoms with Gasteiger partial charge in [-0.05, 0) is 24.3 Å². The Bertz CT molecular complexity index is 960. The molecule has 4 rings (SSSR count). The van der Waals surface area contributed by atoms with Gasteiger partial charge in [-0.1, -0.05) is 30.3 Å². The lowest BCUT2D eigenvalue weighted by Crippen LogP contribution is -2.53. The maximum absolute atomic E-state index is 14.1. The van der Waals surface area contributed by atoms with Crippen LogP contribution in [0.5, 0.6) is 5.75 Å². The topological polar surface area (TPSA) is 70.2 Å². The molecule has 31 heavy (non-hydrogen) atoms. The summed E-state index contributed by atoms with van der Waals surface area (Å²) in [4.78, 5) is 42.4. The SMILES string of the molecule is O=C(COc1ccccc1)N1CCN(C(=O)C2CC(=O)N(c3ccccc3F)C2)CC1. The van der Waals surface area contributed by atoms with Crippen LogP contribution in [0.1, 0.15) is 6.42 Å². The van der Waals surface area contributed by atoms with Gasteiger partial charge in [0.2, 0.25) is 11.8 Å². The second-order valence-corrected chi connectivity index (χ2v) is 7.66. The number of piperazine rings is 1. The molecule has 2 aromatic rings. The van der Waals surface area contributed by atoms with Crippen molar-refractivity contribution in [1.29, 1.82) is 0 Å². The molecule has 2 aliphatic heterocycles. The smallest absolute Gasteiger partial charge is 0.260 e. The maximum Gasteiger partial charge on any atom is 0.260 e. The molecule has 0 aliphatic carbocycles. The predicted octanol–water partition coefficient (Wildman–Crippen LogP) is 1.93. The van der Waals surface area contributed by atoms with Crippen molar-refractivity contribution in [2.75, 3.05) is 44.2 Å². The molecule has 1 unspecified atom stereocenters. The number of rotatable bonds is 5. The van der Waals surface area contributed by atoms with Gasteiger partial charge < -0.3 is 19.4 Å². The Labute approximate surface area is 180 Å². The zero-order chi connectivity index (χ0) is 21.8. The summed E-state index contributed by atoms with van der Waals surface area (Å²) in [5.74, 6) is -0.854. The first kappa shape index (κ1) is 20.8. The Morgan fingerprint density at radius 2 is 1.58 bits per heavy atom. The highest BCUT2D eigenvalue weighted by molar-refractivity contribution is 6.00. The first-order chi connectivity index (χ1) is 15.0. The molecular weight excluding hydrogens is 401 g/mol. The lowest BCUT2D eigenvalue weighted by molar-refractivity contribution is -0.142. The highest BCUT2D eigenvalue weighted by atomic mass is 19.1. The second kappa shape index (κ2) is 9.16. The van der Waals surface area contributed by atoms with Gasteiger partial charge in [-0.3, -0.25) is 14.4 Å². The number of hydrogen-bond donors (Lipinski definition) is 0. The first-order valence-electron chi connectivity index (χ1n) is 10.3. The van der Waals surface area contributed by atoms with E-state index in [4.69, 9.17) is 4.74 Å². The fourth-order valence-corrected chi connectivity index (χ4v) is 3.96. The fourth-order valence-electron chi connectivity index (χ4n) is 3.96. The van der Waals surface area contributed by atoms with Crippen LogP contribution in [-0.4, -0.2) is 66.9 Å². The van der Waals surface area contributed by atoms with Gasteiger partial charge in [-0.25, -0.2) is 4.39 Å². The molecule has 0 radical (unpaired) electrons. The summed E-state index contributed by atoms with van der Waals surface area (Å²) in [5.41, 5.74) is 0.205. The largest absolute Gasteiger partial charge is 0.484 e. The van der Waals surface area contributed by atoms with E-state index in [2.05, 4.69) is 0 Å². The molecule has 0 spiro atoms. The Kier molecular flexibility index (Phi) is 6.16. The van der Waals surface area contributed by atoms with Crippen LogP contribution in [0.3, 0.4) is 0 Å². The Morgan fingerprint density at radius 3 is 2.29 bits per heavy atom. The number of ether oxygens (including phenoxy) is 1. The van der Waals surface area contributed by atoms with Crippen molar-refractivity contribution in [3.63, 3.8) is 0 Å². The molecule has 2 fully saturated rings. The van der Waals surface area contributed by atoms with Crippen LogP contribution in [0, 0.1) is 11.7 Å². The minimum absolute atomic E-state index is 0.0489. The van der Waals surface area contributed by atoms with Gasteiger partial charge in [0.05, 0.1) is 11.6 Å². The summed E-state index contributed by atoms with van der Waals surface area (Å²) in [6.07, 6.45) is 0.0667. The predicted molar refractivity (Wildman–Crippen MR) is 112 cm³/mol. The summed E-state index contributed by atoms with van der Waals surface area (Å²) in [6, 6.07) is 15.2. The van der Waals surface area contributed by atoms with Crippen molar-refractivity contribution < 1.29 is 23.5 Å². The van der Waals surface area contributed by atoms with Gasteiger partial charge >= 0.3 is 0 Å². The molecule has 7 nitrogen and oxygen atoms in total. The zero-order valence-electron chi connectivity index (χ0n) is 17.1. The molecule has 0 bridgehead atoms. The zero-order valence-corrected chi connectivity index (χ0v) is 17.1. The average molecular weight is 425 g/mol. The van der Waals surface area contributed by atoms with Crippen LogP contribution in [0.15, 0.2) is 54.6 Å². The summed E-state index contributed by atoms with van der Waals surface area (Å²) < 4.78 is 19.6. The molecule has 2 aliphatic rings. The maximum atomic E-state index is 14.1. The Balaban J connectivity index is 1.28. The highest BCUT2D eigenvalue weighted by Gasteiger charge is 2.38. The minimum Gasteiger partial charge on any atom is -0.484 e. The number of para-hydroxylation sites is 2. The number of nitrogens with zero attached hydrogens (tertiary/aromatic N) is 3. The fraction of sp³-hybridized carbons (Fsp3) is 0.348. The van der Waals surface area contributed by atoms with Crippen molar-refractivity contribution in [2.45, 2.75) is 6.42 Å². The van der Waals surface area contributed by atoms with Gasteiger partial charge in [-0.2, -0.15) is 0 Å². The number of anilines is 1. The molecule has 3 amide bonds. The van der Waals surface area contributed by atoms with E-state index in [9.17, 15) is 18.8 Å². The first-order valence-corrected chi connectivity index (χ1v) is 10.3. The molecule has 0 aromatic heterocycles. The molecule has 0 N–H and O–H groups in total. The van der Waals surface area contributed by atoms with E-state index in [-0.39, 0.29) is 43.0 Å². The molecule has 1 atom stereocenters. The van der Waals surface area contributed by atoms with E-state index in [0.29, 0.717) is 31.9 Å². The molecule has 2 aromatic carbocycles. The van der Waals surface area contributed by atoms with Crippen LogP contribution in [0.25, 0.3) is 0 Å². The van der Waals surface area contributed by atoms with Gasteiger partial charge in [0.15, 0.2) is 6.61 Å². The molecular formula is C23H24FN3O4. The van der Waals surface area contributed by atoms with Gasteiger partial charge in [0.25, 0.3) is 5.91 Å². The third-order valence-electron chi connectivity index (χ3n) is 5.67. The van der Waals surface area contributed by atoms with Crippen LogP contribution in [-0.2, 0) is 14.4 Å². The van der Waals surface area contributed by atoms with Gasteiger partial charge in [0.1, 0.15) is 11.6 Å². The van der Waals surface area contributed by atoms with Gasteiger partial charge in [-0.15, -0.1) is 0 Å². The van der Waals surface area contributed by atoms with E-state index >= 15 is 0 Å². The monoisotopic (exact) mass is 425 g/mol. The van der Waals surface area contributed by atoms with E-state index < -0.39 is 11.7 Å². The lowest BCUT2D eigenvalue weighted by atomic mass is 10.1. The van der Waals surface area contributed by atoms with Crippen molar-refractivity contribution in [1.82, 2.24) is 9.80 Å². The van der Waals surface area contributed by atoms with E-state index in [1.54, 1.807) is 40.1 Å². The lowest BCUT2D eigenvalue weighted by Gasteiger charge is -2.35. The van der Waals surface area contributed by atoms with E-state index in [1.165, 1.54) is 11.0 Å². The molecule has 2 heterocycles. The molecule has 162 valence electrons. The number of amides is 3. The van der Waals surface area contributed by atoms with Crippen LogP contribution < -0.4 is 9.64 Å². The second-order valence-electron chi connectivity index (χ2n) is 7.66. The van der Waals surface area contributed by atoms with Gasteiger partial charge in [0, 0.05) is 39.1 Å². The molecule has 8 heteroatoms. The van der Waals surface area contributed by atoms with Crippen LogP contribution in [0.2, 0.25) is 0 Å². The summed E-state index contributed by atoms with van der Waals surface area (Å²) in [6.45, 7) is 1.76. The van der Waals surface area contributed by atoms with Crippen molar-refractivity contribution in [2.24, 2.45) is 5.92 Å². The van der Waals surface area contributed by atoms with Crippen molar-refractivity contribution in [3.8, 4) is 5.75 Å². The van der Waals surface area contributed by atoms with E-state index in [1.807, 2.05) is 18.2 Å². The molecule has 2 saturated heterocycles. The molecule has 0 saturated carbocycles. The Hall–Kier alpha value is -3.42. The number of halogens is 1. The van der Waals surface area contributed by atoms with Crippen molar-refractivity contribution >= 4 is 23.4 Å². The number of carbonyl (C=O) groups excluding carboxylic acids is 3. The standard InChI is InChI=1S/C23H24FN3O4/c24-19-8-4-5-9-20(19)27-15-17(14-21(27)28)23(30)26-12-10-25(11-13-26)22(29)16-31-18-6-2-1-3-7-18/h1-9,17H,10-16H2. The van der Waals surface area contributed by atoms with E-state index in [0.717, 1.165) is 0 Å². The highest BCUT2D eigenvalue weighted by Crippen LogP contribution is 2.28. The summed E-state index contributed by atoms with van der Waals surface area (Å²) in [7, 11) is 0. The number of benzene rings is 2. The Morgan fingerprint density at radius 1 is 0.935 bits per heavy atom. The summed E-state index contributed by atoms with van der Waals surface area (Å²) in [5, 5.41) is 0. The average Bonchev–Trinajstić information content (AvgIpc) is 3.19. The third kappa shape index (κ3) is 4.68. The normalized spacial score (nSPS) is 18.9. The number of hydrogen-bond acceptors (Lipinski definition) is 4. The third-order valence-corrected chi connectivity index (χ3v) is 5.67. The summed E-state index contributed by atoms with van der Waals surface area (Å²) >= 11 is 0. The number of carbonyl (C=O) groups is 3.